The van der Waals surface area contributed by atoms with Crippen molar-refractivity contribution in [3.05, 3.63) is 60.1 Å². The van der Waals surface area contributed by atoms with Gasteiger partial charge in [0.1, 0.15) is 11.8 Å². The lowest BCUT2D eigenvalue weighted by molar-refractivity contribution is -0.144. The van der Waals surface area contributed by atoms with Crippen molar-refractivity contribution in [2.45, 2.75) is 25.4 Å². The van der Waals surface area contributed by atoms with Crippen molar-refractivity contribution in [2.24, 2.45) is 5.92 Å². The average Bonchev–Trinajstić information content (AvgIpc) is 3.11. The van der Waals surface area contributed by atoms with Crippen molar-refractivity contribution < 1.29 is 14.3 Å². The summed E-state index contributed by atoms with van der Waals surface area (Å²) in [5, 5.41) is 9.58. The molecule has 1 aliphatic heterocycles. The number of aliphatic carboxylic acids is 1. The molecule has 0 aliphatic carbocycles. The van der Waals surface area contributed by atoms with Crippen molar-refractivity contribution >= 4 is 5.97 Å². The molecule has 110 valence electrons. The van der Waals surface area contributed by atoms with E-state index in [2.05, 4.69) is 0 Å². The highest BCUT2D eigenvalue weighted by atomic mass is 16.4. The monoisotopic (exact) mass is 285 g/mol. The normalized spacial score (nSPS) is 24.0. The van der Waals surface area contributed by atoms with Crippen LogP contribution in [0.1, 0.15) is 30.7 Å². The molecule has 0 saturated carbocycles. The van der Waals surface area contributed by atoms with E-state index in [1.54, 1.807) is 6.26 Å². The zero-order chi connectivity index (χ0) is 14.8. The summed E-state index contributed by atoms with van der Waals surface area (Å²) >= 11 is 0. The van der Waals surface area contributed by atoms with Gasteiger partial charge >= 0.3 is 5.97 Å². The van der Waals surface area contributed by atoms with Gasteiger partial charge in [0.05, 0.1) is 12.3 Å². The minimum absolute atomic E-state index is 0.142. The highest BCUT2D eigenvalue weighted by Gasteiger charge is 2.42. The Bertz CT molecular complexity index is 594. The van der Waals surface area contributed by atoms with Gasteiger partial charge in [-0.1, -0.05) is 37.3 Å². The molecule has 2 heterocycles. The van der Waals surface area contributed by atoms with Gasteiger partial charge in [0, 0.05) is 6.54 Å². The van der Waals surface area contributed by atoms with Crippen molar-refractivity contribution in [3.8, 4) is 0 Å². The third-order valence-electron chi connectivity index (χ3n) is 4.25. The fraction of sp³-hybridized carbons (Fsp3) is 0.353. The van der Waals surface area contributed by atoms with Crippen LogP contribution in [0.3, 0.4) is 0 Å². The smallest absolute Gasteiger partial charge is 0.321 e. The molecule has 1 fully saturated rings. The quantitative estimate of drug-likeness (QED) is 0.937. The molecule has 0 spiro atoms. The van der Waals surface area contributed by atoms with Crippen LogP contribution in [0.25, 0.3) is 0 Å². The van der Waals surface area contributed by atoms with E-state index >= 15 is 0 Å². The molecule has 3 rings (SSSR count). The molecule has 4 nitrogen and oxygen atoms in total. The highest BCUT2D eigenvalue weighted by Crippen LogP contribution is 2.37. The lowest BCUT2D eigenvalue weighted by atomic mass is 9.99. The predicted octanol–water partition coefficient (Wildman–Crippen LogP) is 3.16. The molecule has 2 aromatic rings. The summed E-state index contributed by atoms with van der Waals surface area (Å²) in [7, 11) is 0. The summed E-state index contributed by atoms with van der Waals surface area (Å²) in [5.41, 5.74) is 1.06. The van der Waals surface area contributed by atoms with E-state index in [4.69, 9.17) is 4.42 Å². The van der Waals surface area contributed by atoms with Crippen LogP contribution in [0.4, 0.5) is 0 Å². The second-order valence-corrected chi connectivity index (χ2v) is 5.62. The fourth-order valence-corrected chi connectivity index (χ4v) is 3.25. The van der Waals surface area contributed by atoms with Crippen LogP contribution in [0, 0.1) is 5.92 Å². The van der Waals surface area contributed by atoms with Crippen LogP contribution in [-0.4, -0.2) is 28.6 Å². The SMILES string of the molecule is CC1CCN(C(c2ccccc2)c2ccco2)C1C(=O)O. The van der Waals surface area contributed by atoms with Gasteiger partial charge in [-0.05, 0) is 30.0 Å². The van der Waals surface area contributed by atoms with Crippen molar-refractivity contribution in [1.82, 2.24) is 4.90 Å². The first-order valence-corrected chi connectivity index (χ1v) is 7.25. The fourth-order valence-electron chi connectivity index (χ4n) is 3.25. The van der Waals surface area contributed by atoms with E-state index in [9.17, 15) is 9.90 Å². The predicted molar refractivity (Wildman–Crippen MR) is 78.9 cm³/mol. The molecule has 1 N–H and O–H groups in total. The van der Waals surface area contributed by atoms with Gasteiger partial charge in [0.15, 0.2) is 0 Å². The van der Waals surface area contributed by atoms with Crippen LogP contribution in [0.5, 0.6) is 0 Å². The molecular formula is C17H19NO3. The second-order valence-electron chi connectivity index (χ2n) is 5.62. The number of hydrogen-bond donors (Lipinski definition) is 1. The molecule has 0 bridgehead atoms. The number of likely N-dealkylation sites (tertiary alicyclic amines) is 1. The number of furan rings is 1. The lowest BCUT2D eigenvalue weighted by Gasteiger charge is -2.31. The first kappa shape index (κ1) is 13.9. The first-order valence-electron chi connectivity index (χ1n) is 7.25. The Morgan fingerprint density at radius 1 is 1.29 bits per heavy atom. The Labute approximate surface area is 124 Å². The van der Waals surface area contributed by atoms with Gasteiger partial charge < -0.3 is 9.52 Å². The number of benzene rings is 1. The maximum atomic E-state index is 11.7. The van der Waals surface area contributed by atoms with Gasteiger partial charge in [0.2, 0.25) is 0 Å². The Morgan fingerprint density at radius 3 is 2.67 bits per heavy atom. The Balaban J connectivity index is 2.02. The molecule has 1 aromatic heterocycles. The number of nitrogens with zero attached hydrogens (tertiary/aromatic N) is 1. The van der Waals surface area contributed by atoms with Crippen LogP contribution >= 0.6 is 0 Å². The first-order chi connectivity index (χ1) is 10.2. The van der Waals surface area contributed by atoms with Crippen LogP contribution in [0.2, 0.25) is 0 Å². The molecule has 3 unspecified atom stereocenters. The summed E-state index contributed by atoms with van der Waals surface area (Å²) < 4.78 is 5.59. The molecule has 3 atom stereocenters. The molecule has 21 heavy (non-hydrogen) atoms. The largest absolute Gasteiger partial charge is 0.480 e. The molecule has 1 aromatic carbocycles. The van der Waals surface area contributed by atoms with Gasteiger partial charge in [-0.2, -0.15) is 0 Å². The Morgan fingerprint density at radius 2 is 2.05 bits per heavy atom. The van der Waals surface area contributed by atoms with E-state index in [0.29, 0.717) is 0 Å². The van der Waals surface area contributed by atoms with E-state index in [1.165, 1.54) is 0 Å². The number of carbonyl (C=O) groups is 1. The highest BCUT2D eigenvalue weighted by molar-refractivity contribution is 5.74. The third-order valence-corrected chi connectivity index (χ3v) is 4.25. The zero-order valence-electron chi connectivity index (χ0n) is 12.0. The maximum Gasteiger partial charge on any atom is 0.321 e. The average molecular weight is 285 g/mol. The number of carboxylic acid groups (broad SMARTS) is 1. The van der Waals surface area contributed by atoms with E-state index < -0.39 is 12.0 Å². The zero-order valence-corrected chi connectivity index (χ0v) is 12.0. The molecule has 1 aliphatic rings. The molecule has 0 amide bonds. The van der Waals surface area contributed by atoms with E-state index in [0.717, 1.165) is 24.3 Å². The van der Waals surface area contributed by atoms with Crippen LogP contribution in [-0.2, 0) is 4.79 Å². The molecule has 0 radical (unpaired) electrons. The van der Waals surface area contributed by atoms with Gasteiger partial charge in [-0.15, -0.1) is 0 Å². The third kappa shape index (κ3) is 2.59. The van der Waals surface area contributed by atoms with Crippen LogP contribution < -0.4 is 0 Å². The molecule has 1 saturated heterocycles. The summed E-state index contributed by atoms with van der Waals surface area (Å²) in [4.78, 5) is 13.7. The summed E-state index contributed by atoms with van der Waals surface area (Å²) in [6, 6.07) is 13.1. The Hall–Kier alpha value is -2.07. The molecular weight excluding hydrogens is 266 g/mol. The van der Waals surface area contributed by atoms with Gasteiger partial charge in [-0.3, -0.25) is 9.69 Å². The number of carboxylic acids is 1. The van der Waals surface area contributed by atoms with Gasteiger partial charge in [-0.25, -0.2) is 0 Å². The summed E-state index contributed by atoms with van der Waals surface area (Å²) in [6.45, 7) is 2.77. The van der Waals surface area contributed by atoms with E-state index in [-0.39, 0.29) is 12.0 Å². The summed E-state index contributed by atoms with van der Waals surface area (Å²) in [5.74, 6) is 0.178. The van der Waals surface area contributed by atoms with E-state index in [1.807, 2.05) is 54.3 Å². The maximum absolute atomic E-state index is 11.7. The minimum atomic E-state index is -0.757. The topological polar surface area (TPSA) is 53.7 Å². The minimum Gasteiger partial charge on any atom is -0.480 e. The second kappa shape index (κ2) is 5.74. The van der Waals surface area contributed by atoms with Crippen molar-refractivity contribution in [1.29, 1.82) is 0 Å². The number of rotatable bonds is 4. The van der Waals surface area contributed by atoms with Crippen molar-refractivity contribution in [2.75, 3.05) is 6.54 Å². The standard InChI is InChI=1S/C17H19NO3/c1-12-9-10-18(15(12)17(19)20)16(14-8-5-11-21-14)13-6-3-2-4-7-13/h2-8,11-12,15-16H,9-10H2,1H3,(H,19,20). The molecule has 4 heteroatoms. The summed E-state index contributed by atoms with van der Waals surface area (Å²) in [6.07, 6.45) is 2.53. The lowest BCUT2D eigenvalue weighted by Crippen LogP contribution is -2.41. The number of hydrogen-bond acceptors (Lipinski definition) is 3. The van der Waals surface area contributed by atoms with Gasteiger partial charge in [0.25, 0.3) is 0 Å². The van der Waals surface area contributed by atoms with Crippen molar-refractivity contribution in [3.63, 3.8) is 0 Å². The van der Waals surface area contributed by atoms with Crippen LogP contribution in [0.15, 0.2) is 53.1 Å². The Kier molecular flexibility index (Phi) is 3.80.